The third-order valence-electron chi connectivity index (χ3n) is 3.40. The van der Waals surface area contributed by atoms with Crippen molar-refractivity contribution in [3.63, 3.8) is 0 Å². The zero-order chi connectivity index (χ0) is 16.5. The van der Waals surface area contributed by atoms with Crippen molar-refractivity contribution < 1.29 is 9.59 Å². The van der Waals surface area contributed by atoms with E-state index in [0.29, 0.717) is 31.5 Å². The predicted octanol–water partition coefficient (Wildman–Crippen LogP) is 2.50. The summed E-state index contributed by atoms with van der Waals surface area (Å²) in [7, 11) is 0. The Hall–Kier alpha value is -1.89. The van der Waals surface area contributed by atoms with Gasteiger partial charge < -0.3 is 16.4 Å². The highest BCUT2D eigenvalue weighted by molar-refractivity contribution is 7.08. The summed E-state index contributed by atoms with van der Waals surface area (Å²) < 4.78 is 0. The van der Waals surface area contributed by atoms with Crippen LogP contribution in [-0.2, 0) is 4.79 Å². The van der Waals surface area contributed by atoms with Crippen LogP contribution in [0.25, 0.3) is 0 Å². The lowest BCUT2D eigenvalue weighted by Crippen LogP contribution is -2.32. The molecule has 2 aromatic rings. The highest BCUT2D eigenvalue weighted by Gasteiger charge is 2.08. The van der Waals surface area contributed by atoms with Gasteiger partial charge in [-0.2, -0.15) is 11.3 Å². The molecule has 0 spiro atoms. The Labute approximate surface area is 152 Å². The lowest BCUT2D eigenvalue weighted by atomic mass is 10.1. The molecule has 0 aliphatic heterocycles. The van der Waals surface area contributed by atoms with Gasteiger partial charge in [0.2, 0.25) is 5.91 Å². The van der Waals surface area contributed by atoms with Crippen LogP contribution in [0, 0.1) is 0 Å². The molecule has 4 N–H and O–H groups in total. The van der Waals surface area contributed by atoms with Crippen LogP contribution in [-0.4, -0.2) is 24.9 Å². The third-order valence-corrected chi connectivity index (χ3v) is 4.08. The Kier molecular flexibility index (Phi) is 9.07. The van der Waals surface area contributed by atoms with Crippen molar-refractivity contribution in [2.75, 3.05) is 13.1 Å². The van der Waals surface area contributed by atoms with Crippen molar-refractivity contribution in [2.45, 2.75) is 18.9 Å². The minimum atomic E-state index is -0.210. The van der Waals surface area contributed by atoms with Crippen molar-refractivity contribution in [3.8, 4) is 0 Å². The van der Waals surface area contributed by atoms with E-state index in [9.17, 15) is 9.59 Å². The summed E-state index contributed by atoms with van der Waals surface area (Å²) in [4.78, 5) is 23.5. The van der Waals surface area contributed by atoms with Gasteiger partial charge in [0, 0.05) is 36.5 Å². The van der Waals surface area contributed by atoms with Crippen molar-refractivity contribution >= 4 is 35.6 Å². The molecule has 0 saturated heterocycles. The number of nitrogens with one attached hydrogen (secondary N) is 2. The number of carbonyl (C=O) groups is 2. The summed E-state index contributed by atoms with van der Waals surface area (Å²) in [6.45, 7) is 0.886. The van der Waals surface area contributed by atoms with Crippen LogP contribution in [0.4, 0.5) is 0 Å². The molecule has 1 aromatic heterocycles. The van der Waals surface area contributed by atoms with E-state index in [-0.39, 0.29) is 30.3 Å². The molecule has 5 nitrogen and oxygen atoms in total. The maximum absolute atomic E-state index is 11.8. The fourth-order valence-electron chi connectivity index (χ4n) is 2.08. The fraction of sp³-hybridized carbons (Fsp3) is 0.294. The van der Waals surface area contributed by atoms with E-state index in [0.717, 1.165) is 5.56 Å². The lowest BCUT2D eigenvalue weighted by molar-refractivity contribution is -0.121. The number of thiophene rings is 1. The number of rotatable bonds is 8. The molecule has 0 aliphatic rings. The van der Waals surface area contributed by atoms with Crippen molar-refractivity contribution in [3.05, 3.63) is 58.3 Å². The third kappa shape index (κ3) is 6.70. The van der Waals surface area contributed by atoms with Gasteiger partial charge in [0.15, 0.2) is 0 Å². The van der Waals surface area contributed by atoms with E-state index in [1.165, 1.54) is 11.3 Å². The number of halogens is 1. The summed E-state index contributed by atoms with van der Waals surface area (Å²) >= 11 is 1.48. The summed E-state index contributed by atoms with van der Waals surface area (Å²) in [5.41, 5.74) is 7.68. The molecule has 2 amide bonds. The number of hydrogen-bond donors (Lipinski definition) is 3. The van der Waals surface area contributed by atoms with Crippen molar-refractivity contribution in [1.29, 1.82) is 0 Å². The molecular formula is C17H22ClN3O2S. The van der Waals surface area contributed by atoms with Crippen LogP contribution < -0.4 is 16.4 Å². The van der Waals surface area contributed by atoms with Gasteiger partial charge in [0.05, 0.1) is 0 Å². The molecule has 24 heavy (non-hydrogen) atoms. The van der Waals surface area contributed by atoms with Crippen LogP contribution >= 0.6 is 23.7 Å². The maximum atomic E-state index is 11.8. The summed E-state index contributed by atoms with van der Waals surface area (Å²) in [5, 5.41) is 9.27. The summed E-state index contributed by atoms with van der Waals surface area (Å²) in [5.74, 6) is -0.154. The van der Waals surface area contributed by atoms with Crippen LogP contribution in [0.15, 0.2) is 47.2 Å². The molecule has 0 radical (unpaired) electrons. The van der Waals surface area contributed by atoms with E-state index >= 15 is 0 Å². The van der Waals surface area contributed by atoms with E-state index in [4.69, 9.17) is 5.73 Å². The first-order chi connectivity index (χ1) is 11.2. The molecule has 1 atom stereocenters. The van der Waals surface area contributed by atoms with Gasteiger partial charge in [-0.05, 0) is 23.4 Å². The zero-order valence-electron chi connectivity index (χ0n) is 13.2. The minimum absolute atomic E-state index is 0. The number of amides is 2. The minimum Gasteiger partial charge on any atom is -0.354 e. The highest BCUT2D eigenvalue weighted by atomic mass is 35.5. The number of nitrogens with two attached hydrogens (primary N) is 1. The Balaban J connectivity index is 0.00000288. The Morgan fingerprint density at radius 2 is 1.88 bits per heavy atom. The van der Waals surface area contributed by atoms with Gasteiger partial charge in [-0.25, -0.2) is 0 Å². The first kappa shape index (κ1) is 20.2. The van der Waals surface area contributed by atoms with Gasteiger partial charge in [-0.3, -0.25) is 9.59 Å². The van der Waals surface area contributed by atoms with E-state index < -0.39 is 0 Å². The zero-order valence-corrected chi connectivity index (χ0v) is 14.9. The highest BCUT2D eigenvalue weighted by Crippen LogP contribution is 2.08. The molecule has 1 heterocycles. The topological polar surface area (TPSA) is 84.2 Å². The number of carbonyl (C=O) groups excluding carboxylic acids is 2. The predicted molar refractivity (Wildman–Crippen MR) is 99.5 cm³/mol. The molecule has 0 fully saturated rings. The number of benzene rings is 1. The number of hydrogen-bond acceptors (Lipinski definition) is 4. The molecular weight excluding hydrogens is 346 g/mol. The molecule has 1 unspecified atom stereocenters. The average molecular weight is 368 g/mol. The molecule has 7 heteroatoms. The van der Waals surface area contributed by atoms with Crippen molar-refractivity contribution in [2.24, 2.45) is 5.73 Å². The smallest absolute Gasteiger partial charge is 0.252 e. The first-order valence-electron chi connectivity index (χ1n) is 7.54. The molecule has 0 bridgehead atoms. The second-order valence-corrected chi connectivity index (χ2v) is 5.97. The van der Waals surface area contributed by atoms with Gasteiger partial charge in [-0.1, -0.05) is 30.3 Å². The Bertz CT molecular complexity index is 620. The van der Waals surface area contributed by atoms with Crippen LogP contribution in [0.1, 0.15) is 34.8 Å². The van der Waals surface area contributed by atoms with E-state index in [2.05, 4.69) is 10.6 Å². The standard InChI is InChI=1S/C17H21N3O2S.ClH/c18-15(13-5-2-1-3-6-13)11-20-16(21)7-4-9-19-17(22)14-8-10-23-12-14;/h1-3,5-6,8,10,12,15H,4,7,9,11,18H2,(H,19,22)(H,20,21);1H. The molecule has 1 aromatic carbocycles. The fourth-order valence-corrected chi connectivity index (χ4v) is 2.71. The van der Waals surface area contributed by atoms with E-state index in [1.807, 2.05) is 35.7 Å². The van der Waals surface area contributed by atoms with Gasteiger partial charge in [0.25, 0.3) is 5.91 Å². The second-order valence-electron chi connectivity index (χ2n) is 5.19. The summed E-state index contributed by atoms with van der Waals surface area (Å²) in [6, 6.07) is 11.2. The van der Waals surface area contributed by atoms with Crippen molar-refractivity contribution in [1.82, 2.24) is 10.6 Å². The molecule has 130 valence electrons. The Morgan fingerprint density at radius 1 is 1.12 bits per heavy atom. The maximum Gasteiger partial charge on any atom is 0.252 e. The van der Waals surface area contributed by atoms with E-state index in [1.54, 1.807) is 11.4 Å². The largest absolute Gasteiger partial charge is 0.354 e. The van der Waals surface area contributed by atoms with Crippen LogP contribution in [0.2, 0.25) is 0 Å². The van der Waals surface area contributed by atoms with Crippen LogP contribution in [0.5, 0.6) is 0 Å². The second kappa shape index (κ2) is 10.8. The normalized spacial score (nSPS) is 11.2. The quantitative estimate of drug-likeness (QED) is 0.627. The van der Waals surface area contributed by atoms with Gasteiger partial charge >= 0.3 is 0 Å². The van der Waals surface area contributed by atoms with Gasteiger partial charge in [-0.15, -0.1) is 12.4 Å². The van der Waals surface area contributed by atoms with Gasteiger partial charge in [0.1, 0.15) is 0 Å². The summed E-state index contributed by atoms with van der Waals surface area (Å²) in [6.07, 6.45) is 0.966. The molecule has 2 rings (SSSR count). The van der Waals surface area contributed by atoms with Crippen LogP contribution in [0.3, 0.4) is 0 Å². The SMILES string of the molecule is Cl.NC(CNC(=O)CCCNC(=O)c1ccsc1)c1ccccc1. The molecule has 0 aliphatic carbocycles. The lowest BCUT2D eigenvalue weighted by Gasteiger charge is -2.13. The Morgan fingerprint density at radius 3 is 2.54 bits per heavy atom. The molecule has 0 saturated carbocycles. The average Bonchev–Trinajstić information content (AvgIpc) is 3.12. The first-order valence-corrected chi connectivity index (χ1v) is 8.48. The monoisotopic (exact) mass is 367 g/mol.